The fourth-order valence-electron chi connectivity index (χ4n) is 3.37. The van der Waals surface area contributed by atoms with Gasteiger partial charge in [-0.2, -0.15) is 0 Å². The van der Waals surface area contributed by atoms with Gasteiger partial charge in [0, 0.05) is 5.56 Å². The van der Waals surface area contributed by atoms with Gasteiger partial charge in [-0.15, -0.1) is 0 Å². The van der Waals surface area contributed by atoms with Gasteiger partial charge in [0.15, 0.2) is 6.79 Å². The number of hydrogen-bond donors (Lipinski definition) is 1. The third-order valence-electron chi connectivity index (χ3n) is 5.38. The number of carbonyl (C=O) groups is 2. The van der Waals surface area contributed by atoms with Crippen LogP contribution in [-0.4, -0.2) is 43.0 Å². The molecule has 2 aromatic carbocycles. The van der Waals surface area contributed by atoms with E-state index in [0.717, 1.165) is 17.3 Å². The standard InChI is InChI=1S/C27H35FNO8PS/c1-18(2)14-35-38(32,36-15-19(3)4)37-17-34-24(22-7-5-6-8-23(22)28)16-33-21-11-9-20(10-12-21)13-25-26(30)29-27(31)39-25/h5-12,18-19,24-25H,13-17H2,1-4H3,(H,29,30,31). The second kappa shape index (κ2) is 14.9. The summed E-state index contributed by atoms with van der Waals surface area (Å²) >= 11 is 0.971. The first kappa shape index (κ1) is 31.3. The number of imide groups is 1. The lowest BCUT2D eigenvalue weighted by molar-refractivity contribution is -0.118. The highest BCUT2D eigenvalue weighted by atomic mass is 32.2. The maximum absolute atomic E-state index is 14.6. The number of carbonyl (C=O) groups excluding carboxylic acids is 2. The van der Waals surface area contributed by atoms with Gasteiger partial charge in [-0.05, 0) is 42.0 Å². The molecule has 0 radical (unpaired) electrons. The fraction of sp³-hybridized carbons (Fsp3) is 0.481. The van der Waals surface area contributed by atoms with Crippen molar-refractivity contribution in [1.82, 2.24) is 5.32 Å². The van der Waals surface area contributed by atoms with Gasteiger partial charge in [-0.25, -0.2) is 8.96 Å². The average molecular weight is 584 g/mol. The Bertz CT molecular complexity index is 1130. The lowest BCUT2D eigenvalue weighted by Crippen LogP contribution is -2.25. The van der Waals surface area contributed by atoms with E-state index in [1.54, 1.807) is 42.5 Å². The first-order valence-electron chi connectivity index (χ1n) is 12.7. The van der Waals surface area contributed by atoms with Crippen LogP contribution in [0.15, 0.2) is 48.5 Å². The van der Waals surface area contributed by atoms with Crippen molar-refractivity contribution in [3.05, 3.63) is 65.5 Å². The molecule has 2 unspecified atom stereocenters. The molecule has 0 saturated carbocycles. The Hall–Kier alpha value is -2.27. The molecular weight excluding hydrogens is 548 g/mol. The predicted octanol–water partition coefficient (Wildman–Crippen LogP) is 6.28. The van der Waals surface area contributed by atoms with Crippen LogP contribution in [0.4, 0.5) is 9.18 Å². The molecule has 9 nitrogen and oxygen atoms in total. The zero-order valence-electron chi connectivity index (χ0n) is 22.5. The largest absolute Gasteiger partial charge is 0.491 e. The van der Waals surface area contributed by atoms with Crippen molar-refractivity contribution >= 4 is 30.7 Å². The van der Waals surface area contributed by atoms with Crippen molar-refractivity contribution in [3.8, 4) is 5.75 Å². The summed E-state index contributed by atoms with van der Waals surface area (Å²) in [6.45, 7) is 7.44. The molecule has 2 atom stereocenters. The summed E-state index contributed by atoms with van der Waals surface area (Å²) < 4.78 is 55.6. The van der Waals surface area contributed by atoms with Gasteiger partial charge < -0.3 is 9.47 Å². The Morgan fingerprint density at radius 3 is 2.13 bits per heavy atom. The second-order valence-corrected chi connectivity index (χ2v) is 12.6. The molecule has 1 aliphatic heterocycles. The molecule has 1 saturated heterocycles. The van der Waals surface area contributed by atoms with Crippen molar-refractivity contribution < 1.29 is 41.6 Å². The van der Waals surface area contributed by atoms with Crippen LogP contribution in [0.2, 0.25) is 0 Å². The number of nitrogens with one attached hydrogen (secondary N) is 1. The van der Waals surface area contributed by atoms with Crippen LogP contribution in [0.3, 0.4) is 0 Å². The van der Waals surface area contributed by atoms with Crippen molar-refractivity contribution in [2.75, 3.05) is 26.6 Å². The van der Waals surface area contributed by atoms with E-state index in [9.17, 15) is 18.5 Å². The monoisotopic (exact) mass is 583 g/mol. The summed E-state index contributed by atoms with van der Waals surface area (Å²) in [5, 5.41) is 1.46. The highest BCUT2D eigenvalue weighted by molar-refractivity contribution is 8.15. The molecule has 0 spiro atoms. The zero-order chi connectivity index (χ0) is 28.4. The van der Waals surface area contributed by atoms with Gasteiger partial charge >= 0.3 is 7.82 Å². The summed E-state index contributed by atoms with van der Waals surface area (Å²) in [7, 11) is -3.90. The first-order valence-corrected chi connectivity index (χ1v) is 15.0. The van der Waals surface area contributed by atoms with Gasteiger partial charge in [0.1, 0.15) is 24.3 Å². The molecule has 12 heteroatoms. The molecule has 1 N–H and O–H groups in total. The van der Waals surface area contributed by atoms with Gasteiger partial charge in [-0.3, -0.25) is 28.5 Å². The molecule has 0 aromatic heterocycles. The zero-order valence-corrected chi connectivity index (χ0v) is 24.2. The van der Waals surface area contributed by atoms with E-state index in [2.05, 4.69) is 5.32 Å². The third-order valence-corrected chi connectivity index (χ3v) is 7.71. The van der Waals surface area contributed by atoms with Gasteiger partial charge in [-0.1, -0.05) is 69.8 Å². The Kier molecular flexibility index (Phi) is 12.0. The van der Waals surface area contributed by atoms with Crippen LogP contribution >= 0.6 is 19.6 Å². The number of amides is 2. The topological polar surface area (TPSA) is 109 Å². The number of phosphoric ester groups is 1. The minimum absolute atomic E-state index is 0.0664. The third kappa shape index (κ3) is 10.3. The molecular formula is C27H35FNO8PS. The van der Waals surface area contributed by atoms with Gasteiger partial charge in [0.25, 0.3) is 5.24 Å². The second-order valence-electron chi connectivity index (χ2n) is 9.79. The van der Waals surface area contributed by atoms with Gasteiger partial charge in [0.2, 0.25) is 5.91 Å². The van der Waals surface area contributed by atoms with E-state index in [1.807, 2.05) is 27.7 Å². The molecule has 214 valence electrons. The molecule has 1 aliphatic rings. The predicted molar refractivity (Wildman–Crippen MR) is 146 cm³/mol. The summed E-state index contributed by atoms with van der Waals surface area (Å²) in [4.78, 5) is 23.2. The molecule has 2 aromatic rings. The van der Waals surface area contributed by atoms with Crippen molar-refractivity contribution in [2.45, 2.75) is 45.5 Å². The van der Waals surface area contributed by atoms with Crippen molar-refractivity contribution in [1.29, 1.82) is 0 Å². The number of thioether (sulfide) groups is 1. The normalized spacial score (nSPS) is 16.6. The lowest BCUT2D eigenvalue weighted by atomic mass is 10.1. The minimum Gasteiger partial charge on any atom is -0.491 e. The van der Waals surface area contributed by atoms with E-state index in [1.165, 1.54) is 6.07 Å². The lowest BCUT2D eigenvalue weighted by Gasteiger charge is -2.23. The molecule has 39 heavy (non-hydrogen) atoms. The smallest absolute Gasteiger partial charge is 0.476 e. The number of benzene rings is 2. The van der Waals surface area contributed by atoms with Crippen LogP contribution in [0, 0.1) is 17.7 Å². The number of phosphoric acid groups is 1. The van der Waals surface area contributed by atoms with E-state index < -0.39 is 31.8 Å². The van der Waals surface area contributed by atoms with Gasteiger partial charge in [0.05, 0.1) is 18.5 Å². The Morgan fingerprint density at radius 2 is 1.56 bits per heavy atom. The van der Waals surface area contributed by atoms with E-state index in [4.69, 9.17) is 23.0 Å². The molecule has 0 bridgehead atoms. The molecule has 1 fully saturated rings. The Labute approximate surface area is 232 Å². The van der Waals surface area contributed by atoms with E-state index in [-0.39, 0.29) is 48.4 Å². The minimum atomic E-state index is -3.90. The van der Waals surface area contributed by atoms with Crippen LogP contribution in [-0.2, 0) is 34.1 Å². The molecule has 2 amide bonds. The fourth-order valence-corrected chi connectivity index (χ4v) is 5.60. The highest BCUT2D eigenvalue weighted by Crippen LogP contribution is 2.50. The Morgan fingerprint density at radius 1 is 0.923 bits per heavy atom. The summed E-state index contributed by atoms with van der Waals surface area (Å²) in [6.07, 6.45) is -0.488. The maximum atomic E-state index is 14.6. The maximum Gasteiger partial charge on any atom is 0.476 e. The van der Waals surface area contributed by atoms with Crippen molar-refractivity contribution in [3.63, 3.8) is 0 Å². The molecule has 1 heterocycles. The number of halogens is 1. The number of ether oxygens (including phenoxy) is 2. The van der Waals surface area contributed by atoms with Crippen LogP contribution in [0.1, 0.15) is 44.9 Å². The van der Waals surface area contributed by atoms with Crippen LogP contribution in [0.25, 0.3) is 0 Å². The molecule has 0 aliphatic carbocycles. The summed E-state index contributed by atoms with van der Waals surface area (Å²) in [5.74, 6) is -0.0822. The van der Waals surface area contributed by atoms with Crippen LogP contribution in [0.5, 0.6) is 5.75 Å². The SMILES string of the molecule is CC(C)COP(=O)(OCOC(COc1ccc(CC2SC(=O)NC2=O)cc1)c1ccccc1F)OCC(C)C. The Balaban J connectivity index is 1.62. The first-order chi connectivity index (χ1) is 18.5. The van der Waals surface area contributed by atoms with Crippen LogP contribution < -0.4 is 10.1 Å². The highest BCUT2D eigenvalue weighted by Gasteiger charge is 2.31. The summed E-state index contributed by atoms with van der Waals surface area (Å²) in [5.41, 5.74) is 1.10. The average Bonchev–Trinajstić information content (AvgIpc) is 3.21. The van der Waals surface area contributed by atoms with Crippen molar-refractivity contribution in [2.24, 2.45) is 11.8 Å². The number of rotatable bonds is 16. The summed E-state index contributed by atoms with van der Waals surface area (Å²) in [6, 6.07) is 13.2. The quantitative estimate of drug-likeness (QED) is 0.180. The van der Waals surface area contributed by atoms with E-state index in [0.29, 0.717) is 12.2 Å². The van der Waals surface area contributed by atoms with E-state index >= 15 is 0 Å². The number of hydrogen-bond acceptors (Lipinski definition) is 9. The molecule has 3 rings (SSSR count).